The Bertz CT molecular complexity index is 1070. The summed E-state index contributed by atoms with van der Waals surface area (Å²) >= 11 is 11.9. The highest BCUT2D eigenvalue weighted by Crippen LogP contribution is 2.23. The maximum atomic E-state index is 13.4. The summed E-state index contributed by atoms with van der Waals surface area (Å²) in [5.74, 6) is -0.805. The van der Waals surface area contributed by atoms with E-state index in [0.717, 1.165) is 4.31 Å². The van der Waals surface area contributed by atoms with Gasteiger partial charge in [-0.25, -0.2) is 8.42 Å². The van der Waals surface area contributed by atoms with Crippen molar-refractivity contribution in [2.45, 2.75) is 31.2 Å². The molecule has 7 nitrogen and oxygen atoms in total. The topological polar surface area (TPSA) is 84.0 Å². The average Bonchev–Trinajstić information content (AvgIpc) is 2.80. The fourth-order valence-corrected chi connectivity index (χ4v) is 5.28. The molecule has 0 radical (unpaired) electrons. The van der Waals surface area contributed by atoms with Gasteiger partial charge in [-0.05, 0) is 61.7 Å². The van der Waals surface area contributed by atoms with Crippen LogP contribution >= 0.6 is 23.2 Å². The van der Waals surface area contributed by atoms with Crippen molar-refractivity contribution in [2.75, 3.05) is 26.2 Å². The lowest BCUT2D eigenvalue weighted by Crippen LogP contribution is -2.46. The Morgan fingerprint density at radius 1 is 1.00 bits per heavy atom. The van der Waals surface area contributed by atoms with Crippen molar-refractivity contribution in [1.82, 2.24) is 9.21 Å². The number of rotatable bonds is 8. The van der Waals surface area contributed by atoms with E-state index in [1.54, 1.807) is 36.1 Å². The Morgan fingerprint density at radius 3 is 2.09 bits per heavy atom. The molecule has 33 heavy (non-hydrogen) atoms. The van der Waals surface area contributed by atoms with Gasteiger partial charge in [0, 0.05) is 29.7 Å². The molecular formula is C23H26Cl2N2O5S. The molecule has 0 unspecified atom stereocenters. The van der Waals surface area contributed by atoms with Gasteiger partial charge < -0.3 is 9.64 Å². The maximum Gasteiger partial charge on any atom is 0.309 e. The van der Waals surface area contributed by atoms with Crippen molar-refractivity contribution in [1.29, 1.82) is 0 Å². The van der Waals surface area contributed by atoms with Gasteiger partial charge in [0.2, 0.25) is 15.9 Å². The standard InChI is InChI=1S/C23H26Cl2N2O5S/c1-2-32-23(29)18-11-13-26(14-12-18)22(28)16-27(15-17-3-5-19(24)6-4-17)33(30,31)21-9-7-20(25)8-10-21/h3-10,18H,2,11-16H2,1H3. The first kappa shape index (κ1) is 25.5. The Hall–Kier alpha value is -2.13. The lowest BCUT2D eigenvalue weighted by Gasteiger charge is -2.32. The van der Waals surface area contributed by atoms with Crippen molar-refractivity contribution in [3.63, 3.8) is 0 Å². The summed E-state index contributed by atoms with van der Waals surface area (Å²) in [6.07, 6.45) is 0.984. The Morgan fingerprint density at radius 2 is 1.55 bits per heavy atom. The normalized spacial score (nSPS) is 15.0. The van der Waals surface area contributed by atoms with Gasteiger partial charge in [0.05, 0.1) is 24.0 Å². The molecule has 2 aromatic rings. The third-order valence-electron chi connectivity index (χ3n) is 5.50. The van der Waals surface area contributed by atoms with Crippen LogP contribution in [-0.2, 0) is 30.9 Å². The summed E-state index contributed by atoms with van der Waals surface area (Å²) in [5, 5.41) is 0.949. The second-order valence-electron chi connectivity index (χ2n) is 7.76. The predicted molar refractivity (Wildman–Crippen MR) is 126 cm³/mol. The average molecular weight is 513 g/mol. The van der Waals surface area contributed by atoms with Gasteiger partial charge in [0.1, 0.15) is 0 Å². The number of piperidine rings is 1. The molecular weight excluding hydrogens is 487 g/mol. The maximum absolute atomic E-state index is 13.4. The number of hydrogen-bond donors (Lipinski definition) is 0. The van der Waals surface area contributed by atoms with Gasteiger partial charge >= 0.3 is 5.97 Å². The molecule has 0 aliphatic carbocycles. The van der Waals surface area contributed by atoms with Crippen LogP contribution in [0, 0.1) is 5.92 Å². The smallest absolute Gasteiger partial charge is 0.309 e. The molecule has 10 heteroatoms. The van der Waals surface area contributed by atoms with Crippen molar-refractivity contribution in [2.24, 2.45) is 5.92 Å². The molecule has 178 valence electrons. The minimum absolute atomic E-state index is 0.00710. The van der Waals surface area contributed by atoms with Gasteiger partial charge in [-0.1, -0.05) is 35.3 Å². The predicted octanol–water partition coefficient (Wildman–Crippen LogP) is 3.99. The van der Waals surface area contributed by atoms with Crippen molar-refractivity contribution < 1.29 is 22.7 Å². The summed E-state index contributed by atoms with van der Waals surface area (Å²) in [7, 11) is -3.97. The number of nitrogens with zero attached hydrogens (tertiary/aromatic N) is 2. The zero-order valence-electron chi connectivity index (χ0n) is 18.2. The lowest BCUT2D eigenvalue weighted by molar-refractivity contribution is -0.151. The van der Waals surface area contributed by atoms with E-state index >= 15 is 0 Å². The number of esters is 1. The number of halogens is 2. The quantitative estimate of drug-likeness (QED) is 0.499. The number of carbonyl (C=O) groups is 2. The van der Waals surface area contributed by atoms with Crippen molar-refractivity contribution >= 4 is 45.1 Å². The van der Waals surface area contributed by atoms with E-state index in [1.807, 2.05) is 0 Å². The van der Waals surface area contributed by atoms with E-state index in [9.17, 15) is 18.0 Å². The monoisotopic (exact) mass is 512 g/mol. The van der Waals surface area contributed by atoms with Crippen molar-refractivity contribution in [3.05, 3.63) is 64.1 Å². The van der Waals surface area contributed by atoms with Crippen LogP contribution in [0.2, 0.25) is 10.0 Å². The van der Waals surface area contributed by atoms with Gasteiger partial charge in [-0.3, -0.25) is 9.59 Å². The third kappa shape index (κ3) is 6.69. The van der Waals surface area contributed by atoms with Crippen LogP contribution in [0.15, 0.2) is 53.4 Å². The first-order valence-corrected chi connectivity index (χ1v) is 12.8. The molecule has 1 fully saturated rings. The molecule has 1 aliphatic rings. The highest BCUT2D eigenvalue weighted by Gasteiger charge is 2.32. The molecule has 1 amide bonds. The molecule has 0 bridgehead atoms. The summed E-state index contributed by atoms with van der Waals surface area (Å²) < 4.78 is 33.0. The first-order valence-electron chi connectivity index (χ1n) is 10.6. The Kier molecular flexibility index (Phi) is 8.75. The van der Waals surface area contributed by atoms with Gasteiger partial charge in [-0.15, -0.1) is 0 Å². The molecule has 0 N–H and O–H groups in total. The number of likely N-dealkylation sites (tertiary alicyclic amines) is 1. The van der Waals surface area contributed by atoms with Gasteiger partial charge in [0.25, 0.3) is 0 Å². The van der Waals surface area contributed by atoms with Crippen molar-refractivity contribution in [3.8, 4) is 0 Å². The van der Waals surface area contributed by atoms with E-state index < -0.39 is 10.0 Å². The van der Waals surface area contributed by atoms with E-state index in [1.165, 1.54) is 24.3 Å². The van der Waals surface area contributed by atoms with Gasteiger partial charge in [-0.2, -0.15) is 4.31 Å². The number of ether oxygens (including phenoxy) is 1. The number of amides is 1. The van der Waals surface area contributed by atoms with E-state index in [0.29, 0.717) is 48.1 Å². The highest BCUT2D eigenvalue weighted by atomic mass is 35.5. The molecule has 0 spiro atoms. The highest BCUT2D eigenvalue weighted by molar-refractivity contribution is 7.89. The summed E-state index contributed by atoms with van der Waals surface area (Å²) in [4.78, 5) is 26.7. The molecule has 0 atom stereocenters. The van der Waals surface area contributed by atoms with Crippen LogP contribution in [0.4, 0.5) is 0 Å². The molecule has 3 rings (SSSR count). The molecule has 1 saturated heterocycles. The van der Waals surface area contributed by atoms with Crippen LogP contribution in [0.25, 0.3) is 0 Å². The van der Waals surface area contributed by atoms with Crippen LogP contribution in [0.3, 0.4) is 0 Å². The second kappa shape index (κ2) is 11.3. The SMILES string of the molecule is CCOC(=O)C1CCN(C(=O)CN(Cc2ccc(Cl)cc2)S(=O)(=O)c2ccc(Cl)cc2)CC1. The van der Waals surface area contributed by atoms with Gasteiger partial charge in [0.15, 0.2) is 0 Å². The zero-order chi connectivity index (χ0) is 24.0. The van der Waals surface area contributed by atoms with E-state index in [4.69, 9.17) is 27.9 Å². The third-order valence-corrected chi connectivity index (χ3v) is 7.81. The zero-order valence-corrected chi connectivity index (χ0v) is 20.6. The minimum atomic E-state index is -3.97. The molecule has 0 saturated carbocycles. The number of carbonyl (C=O) groups excluding carboxylic acids is 2. The number of benzene rings is 2. The molecule has 2 aromatic carbocycles. The van der Waals surface area contributed by atoms with Crippen LogP contribution in [-0.4, -0.2) is 55.7 Å². The summed E-state index contributed by atoms with van der Waals surface area (Å²) in [5.41, 5.74) is 0.700. The molecule has 0 aromatic heterocycles. The van der Waals surface area contributed by atoms with Crippen LogP contribution in [0.1, 0.15) is 25.3 Å². The molecule has 1 heterocycles. The Labute approximate surface area is 204 Å². The van der Waals surface area contributed by atoms with Crippen LogP contribution < -0.4 is 0 Å². The van der Waals surface area contributed by atoms with E-state index in [-0.39, 0.29) is 35.8 Å². The minimum Gasteiger partial charge on any atom is -0.466 e. The fourth-order valence-electron chi connectivity index (χ4n) is 3.65. The van der Waals surface area contributed by atoms with Crippen LogP contribution in [0.5, 0.6) is 0 Å². The Balaban J connectivity index is 1.76. The second-order valence-corrected chi connectivity index (χ2v) is 10.6. The van der Waals surface area contributed by atoms with E-state index in [2.05, 4.69) is 0 Å². The lowest BCUT2D eigenvalue weighted by atomic mass is 9.97. The largest absolute Gasteiger partial charge is 0.466 e. The number of hydrogen-bond acceptors (Lipinski definition) is 5. The molecule has 1 aliphatic heterocycles. The number of sulfonamides is 1. The first-order chi connectivity index (χ1) is 15.7. The summed E-state index contributed by atoms with van der Waals surface area (Å²) in [6.45, 7) is 2.51. The fraction of sp³-hybridized carbons (Fsp3) is 0.391. The summed E-state index contributed by atoms with van der Waals surface area (Å²) in [6, 6.07) is 12.6.